The van der Waals surface area contributed by atoms with Crippen molar-refractivity contribution in [3.8, 4) is 0 Å². The molecule has 1 amide bonds. The van der Waals surface area contributed by atoms with Crippen LogP contribution in [-0.2, 0) is 10.0 Å². The van der Waals surface area contributed by atoms with Gasteiger partial charge in [-0.2, -0.15) is 0 Å². The van der Waals surface area contributed by atoms with Crippen LogP contribution < -0.4 is 4.72 Å². The maximum Gasteiger partial charge on any atom is 0.255 e. The molecule has 0 aliphatic carbocycles. The van der Waals surface area contributed by atoms with Gasteiger partial charge in [-0.1, -0.05) is 11.6 Å². The molecular formula is C13H18ClN3O3S. The van der Waals surface area contributed by atoms with Gasteiger partial charge in [0.25, 0.3) is 5.91 Å². The van der Waals surface area contributed by atoms with E-state index >= 15 is 0 Å². The Morgan fingerprint density at radius 2 is 1.86 bits per heavy atom. The van der Waals surface area contributed by atoms with Gasteiger partial charge in [-0.25, -0.2) is 8.42 Å². The second-order valence-corrected chi connectivity index (χ2v) is 7.32. The Labute approximate surface area is 129 Å². The molecule has 0 radical (unpaired) electrons. The van der Waals surface area contributed by atoms with Crippen molar-refractivity contribution in [2.24, 2.45) is 0 Å². The number of amides is 1. The van der Waals surface area contributed by atoms with E-state index in [0.29, 0.717) is 29.4 Å². The third kappa shape index (κ3) is 4.33. The lowest BCUT2D eigenvalue weighted by Crippen LogP contribution is -2.47. The minimum Gasteiger partial charge on any atom is -0.336 e. The maximum absolute atomic E-state index is 12.5. The fraction of sp³-hybridized carbons (Fsp3) is 0.462. The Morgan fingerprint density at radius 1 is 1.24 bits per heavy atom. The van der Waals surface area contributed by atoms with Crippen LogP contribution in [0.1, 0.15) is 10.4 Å². The quantitative estimate of drug-likeness (QED) is 0.900. The number of nitrogens with one attached hydrogen (secondary N) is 1. The SMILES string of the molecule is CN1CCN(C(=O)c2cc(NS(C)(=O)=O)ccc2Cl)CC1. The number of hydrogen-bond acceptors (Lipinski definition) is 4. The average molecular weight is 332 g/mol. The lowest BCUT2D eigenvalue weighted by Gasteiger charge is -2.32. The summed E-state index contributed by atoms with van der Waals surface area (Å²) in [5, 5.41) is 0.318. The molecule has 116 valence electrons. The van der Waals surface area contributed by atoms with Gasteiger partial charge in [-0.05, 0) is 25.2 Å². The molecule has 2 rings (SSSR count). The molecule has 1 aromatic carbocycles. The number of rotatable bonds is 3. The molecule has 1 fully saturated rings. The van der Waals surface area contributed by atoms with E-state index < -0.39 is 10.0 Å². The zero-order valence-electron chi connectivity index (χ0n) is 12.0. The van der Waals surface area contributed by atoms with E-state index in [1.165, 1.54) is 18.2 Å². The molecule has 0 spiro atoms. The van der Waals surface area contributed by atoms with E-state index in [1.54, 1.807) is 4.90 Å². The summed E-state index contributed by atoms with van der Waals surface area (Å²) in [5.41, 5.74) is 0.647. The molecule has 1 saturated heterocycles. The minimum absolute atomic E-state index is 0.176. The second-order valence-electron chi connectivity index (χ2n) is 5.16. The van der Waals surface area contributed by atoms with Crippen LogP contribution in [0.15, 0.2) is 18.2 Å². The second kappa shape index (κ2) is 6.21. The molecule has 1 aliphatic heterocycles. The van der Waals surface area contributed by atoms with E-state index in [0.717, 1.165) is 19.3 Å². The molecule has 1 aromatic rings. The fourth-order valence-electron chi connectivity index (χ4n) is 2.15. The van der Waals surface area contributed by atoms with Crippen molar-refractivity contribution in [3.63, 3.8) is 0 Å². The molecule has 0 saturated carbocycles. The third-order valence-corrected chi connectivity index (χ3v) is 4.23. The van der Waals surface area contributed by atoms with Crippen LogP contribution in [0.3, 0.4) is 0 Å². The molecule has 1 heterocycles. The van der Waals surface area contributed by atoms with Gasteiger partial charge < -0.3 is 9.80 Å². The van der Waals surface area contributed by atoms with Gasteiger partial charge in [-0.15, -0.1) is 0 Å². The molecule has 0 aromatic heterocycles. The molecular weight excluding hydrogens is 314 g/mol. The van der Waals surface area contributed by atoms with Crippen molar-refractivity contribution < 1.29 is 13.2 Å². The van der Waals surface area contributed by atoms with Crippen LogP contribution in [0.5, 0.6) is 0 Å². The highest BCUT2D eigenvalue weighted by Crippen LogP contribution is 2.23. The highest BCUT2D eigenvalue weighted by molar-refractivity contribution is 7.92. The van der Waals surface area contributed by atoms with Gasteiger partial charge in [0.2, 0.25) is 10.0 Å². The van der Waals surface area contributed by atoms with Crippen molar-refractivity contribution in [1.82, 2.24) is 9.80 Å². The van der Waals surface area contributed by atoms with Crippen LogP contribution in [0.4, 0.5) is 5.69 Å². The number of nitrogens with zero attached hydrogens (tertiary/aromatic N) is 2. The largest absolute Gasteiger partial charge is 0.336 e. The normalized spacial score (nSPS) is 16.8. The first-order chi connectivity index (χ1) is 9.76. The zero-order chi connectivity index (χ0) is 15.6. The van der Waals surface area contributed by atoms with Crippen LogP contribution in [0.25, 0.3) is 0 Å². The molecule has 0 unspecified atom stereocenters. The lowest BCUT2D eigenvalue weighted by atomic mass is 10.1. The van der Waals surface area contributed by atoms with E-state index in [9.17, 15) is 13.2 Å². The average Bonchev–Trinajstić information content (AvgIpc) is 2.39. The number of carbonyl (C=O) groups is 1. The maximum atomic E-state index is 12.5. The molecule has 6 nitrogen and oxygen atoms in total. The van der Waals surface area contributed by atoms with Gasteiger partial charge in [0.1, 0.15) is 0 Å². The van der Waals surface area contributed by atoms with Crippen LogP contribution in [0.2, 0.25) is 5.02 Å². The third-order valence-electron chi connectivity index (χ3n) is 3.29. The smallest absolute Gasteiger partial charge is 0.255 e. The summed E-state index contributed by atoms with van der Waals surface area (Å²) in [5.74, 6) is -0.176. The van der Waals surface area contributed by atoms with Crippen LogP contribution in [0, 0.1) is 0 Å². The van der Waals surface area contributed by atoms with Crippen molar-refractivity contribution in [2.45, 2.75) is 0 Å². The van der Waals surface area contributed by atoms with Crippen LogP contribution >= 0.6 is 11.6 Å². The summed E-state index contributed by atoms with van der Waals surface area (Å²) in [6.45, 7) is 2.89. The summed E-state index contributed by atoms with van der Waals surface area (Å²) in [6.07, 6.45) is 1.06. The molecule has 1 aliphatic rings. The summed E-state index contributed by atoms with van der Waals surface area (Å²) in [6, 6.07) is 4.53. The number of likely N-dealkylation sites (N-methyl/N-ethyl adjacent to an activating group) is 1. The van der Waals surface area contributed by atoms with Crippen LogP contribution in [-0.4, -0.2) is 63.6 Å². The number of anilines is 1. The number of piperazine rings is 1. The number of benzene rings is 1. The van der Waals surface area contributed by atoms with Crippen molar-refractivity contribution >= 4 is 33.2 Å². The molecule has 1 N–H and O–H groups in total. The first-order valence-electron chi connectivity index (χ1n) is 6.51. The molecule has 21 heavy (non-hydrogen) atoms. The number of sulfonamides is 1. The molecule has 0 atom stereocenters. The summed E-state index contributed by atoms with van der Waals surface area (Å²) in [4.78, 5) is 16.4. The Morgan fingerprint density at radius 3 is 2.43 bits per heavy atom. The highest BCUT2D eigenvalue weighted by Gasteiger charge is 2.22. The number of carbonyl (C=O) groups excluding carboxylic acids is 1. The standard InChI is InChI=1S/C13H18ClN3O3S/c1-16-5-7-17(8-6-16)13(18)11-9-10(3-4-12(11)14)15-21(2,19)20/h3-4,9,15H,5-8H2,1-2H3. The van der Waals surface area contributed by atoms with Crippen molar-refractivity contribution in [2.75, 3.05) is 44.2 Å². The Hall–Kier alpha value is -1.31. The van der Waals surface area contributed by atoms with E-state index in [1.807, 2.05) is 7.05 Å². The van der Waals surface area contributed by atoms with E-state index in [2.05, 4.69) is 9.62 Å². The summed E-state index contributed by atoms with van der Waals surface area (Å²) < 4.78 is 24.9. The monoisotopic (exact) mass is 331 g/mol. The summed E-state index contributed by atoms with van der Waals surface area (Å²) >= 11 is 6.08. The molecule has 0 bridgehead atoms. The Kier molecular flexibility index (Phi) is 4.75. The zero-order valence-corrected chi connectivity index (χ0v) is 13.5. The van der Waals surface area contributed by atoms with Crippen molar-refractivity contribution in [1.29, 1.82) is 0 Å². The Balaban J connectivity index is 2.22. The topological polar surface area (TPSA) is 69.7 Å². The predicted molar refractivity (Wildman–Crippen MR) is 83.3 cm³/mol. The Bertz CT molecular complexity index is 640. The first-order valence-corrected chi connectivity index (χ1v) is 8.78. The number of hydrogen-bond donors (Lipinski definition) is 1. The van der Waals surface area contributed by atoms with E-state index in [4.69, 9.17) is 11.6 Å². The predicted octanol–water partition coefficient (Wildman–Crippen LogP) is 1.10. The first kappa shape index (κ1) is 16.1. The van der Waals surface area contributed by atoms with Gasteiger partial charge in [-0.3, -0.25) is 9.52 Å². The van der Waals surface area contributed by atoms with Gasteiger partial charge >= 0.3 is 0 Å². The lowest BCUT2D eigenvalue weighted by molar-refractivity contribution is 0.0664. The van der Waals surface area contributed by atoms with Gasteiger partial charge in [0, 0.05) is 31.9 Å². The van der Waals surface area contributed by atoms with E-state index in [-0.39, 0.29) is 5.91 Å². The summed E-state index contributed by atoms with van der Waals surface area (Å²) in [7, 11) is -1.38. The minimum atomic E-state index is -3.39. The highest BCUT2D eigenvalue weighted by atomic mass is 35.5. The van der Waals surface area contributed by atoms with Crippen molar-refractivity contribution in [3.05, 3.63) is 28.8 Å². The fourth-order valence-corrected chi connectivity index (χ4v) is 2.90. The number of halogens is 1. The molecule has 8 heteroatoms. The van der Waals surface area contributed by atoms with Gasteiger partial charge in [0.05, 0.1) is 16.8 Å². The van der Waals surface area contributed by atoms with Gasteiger partial charge in [0.15, 0.2) is 0 Å².